The maximum Gasteiger partial charge on any atom is 0.314 e. The van der Waals surface area contributed by atoms with Crippen molar-refractivity contribution in [1.29, 1.82) is 0 Å². The molecule has 0 saturated carbocycles. The number of halogens is 3. The number of carbonyl (C=O) groups is 1. The molecule has 164 valence electrons. The number of hydrogen-bond donors (Lipinski definition) is 3. The molecule has 4 rings (SSSR count). The summed E-state index contributed by atoms with van der Waals surface area (Å²) < 4.78 is 47.0. The Morgan fingerprint density at radius 2 is 1.90 bits per heavy atom. The van der Waals surface area contributed by atoms with Crippen molar-refractivity contribution in [2.45, 2.75) is 19.3 Å². The monoisotopic (exact) mass is 431 g/mol. The summed E-state index contributed by atoms with van der Waals surface area (Å²) in [5, 5.41) is 6.03. The average molecular weight is 431 g/mol. The molecule has 1 saturated heterocycles. The van der Waals surface area contributed by atoms with Crippen molar-refractivity contribution < 1.29 is 22.7 Å². The Morgan fingerprint density at radius 1 is 1.10 bits per heavy atom. The number of H-pyrrole nitrogens is 1. The summed E-state index contributed by atoms with van der Waals surface area (Å²) in [5.41, 5.74) is 2.05. The Balaban J connectivity index is 1.48. The topological polar surface area (TPSA) is 66.2 Å². The van der Waals surface area contributed by atoms with Crippen LogP contribution in [0.3, 0.4) is 0 Å². The molecule has 0 radical (unpaired) electrons. The molecule has 1 aliphatic rings. The van der Waals surface area contributed by atoms with Gasteiger partial charge in [0.05, 0.1) is 12.1 Å². The van der Waals surface area contributed by atoms with E-state index in [4.69, 9.17) is 4.74 Å². The third-order valence-corrected chi connectivity index (χ3v) is 5.53. The van der Waals surface area contributed by atoms with E-state index in [1.165, 1.54) is 18.2 Å². The highest BCUT2D eigenvalue weighted by Crippen LogP contribution is 2.32. The second kappa shape index (κ2) is 9.43. The van der Waals surface area contributed by atoms with Crippen LogP contribution < -0.4 is 10.6 Å². The molecule has 2 aromatic carbocycles. The summed E-state index contributed by atoms with van der Waals surface area (Å²) in [5.74, 6) is -1.47. The van der Waals surface area contributed by atoms with Crippen LogP contribution in [0.15, 0.2) is 36.4 Å². The van der Waals surface area contributed by atoms with Crippen LogP contribution in [0.1, 0.15) is 18.4 Å². The Kier molecular flexibility index (Phi) is 6.46. The number of urea groups is 1. The number of aromatic amines is 1. The zero-order valence-electron chi connectivity index (χ0n) is 16.9. The molecule has 0 bridgehead atoms. The van der Waals surface area contributed by atoms with E-state index in [1.54, 1.807) is 12.1 Å². The molecule has 3 aromatic rings. The first-order valence-electron chi connectivity index (χ1n) is 10.4. The molecule has 8 heteroatoms. The first kappa shape index (κ1) is 21.2. The maximum atomic E-state index is 14.3. The van der Waals surface area contributed by atoms with Gasteiger partial charge in [0.1, 0.15) is 17.5 Å². The van der Waals surface area contributed by atoms with Gasteiger partial charge in [-0.1, -0.05) is 0 Å². The van der Waals surface area contributed by atoms with Gasteiger partial charge in [0.25, 0.3) is 0 Å². The van der Waals surface area contributed by atoms with Crippen LogP contribution >= 0.6 is 0 Å². The van der Waals surface area contributed by atoms with Crippen molar-refractivity contribution >= 4 is 16.9 Å². The van der Waals surface area contributed by atoms with E-state index < -0.39 is 11.6 Å². The third kappa shape index (κ3) is 5.02. The molecule has 31 heavy (non-hydrogen) atoms. The fourth-order valence-electron chi connectivity index (χ4n) is 3.97. The minimum atomic E-state index is -0.704. The SMILES string of the molecule is O=C(NCCc1c(-c2ccc(F)cc2)[nH]c2c(F)cc(F)cc12)NCC1CCCOC1. The molecule has 2 amide bonds. The molecule has 0 spiro atoms. The fraction of sp³-hybridized carbons (Fsp3) is 0.348. The molecule has 0 aliphatic carbocycles. The van der Waals surface area contributed by atoms with Crippen LogP contribution in [-0.4, -0.2) is 37.3 Å². The molecule has 1 atom stereocenters. The van der Waals surface area contributed by atoms with E-state index in [0.717, 1.165) is 25.5 Å². The van der Waals surface area contributed by atoms with Crippen molar-refractivity contribution in [2.75, 3.05) is 26.3 Å². The first-order valence-corrected chi connectivity index (χ1v) is 10.4. The number of amides is 2. The molecule has 3 N–H and O–H groups in total. The number of benzene rings is 2. The van der Waals surface area contributed by atoms with Crippen LogP contribution in [0.5, 0.6) is 0 Å². The van der Waals surface area contributed by atoms with Crippen LogP contribution in [0.2, 0.25) is 0 Å². The number of rotatable bonds is 6. The molecule has 2 heterocycles. The first-order chi connectivity index (χ1) is 15.0. The standard InChI is InChI=1S/C23H24F3N3O2/c24-16-5-3-15(4-6-16)21-18(19-10-17(25)11-20(26)22(19)29-21)7-8-27-23(30)28-12-14-2-1-9-31-13-14/h3-6,10-11,14,29H,1-2,7-9,12-13H2,(H2,27,28,30). The highest BCUT2D eigenvalue weighted by Gasteiger charge is 2.18. The van der Waals surface area contributed by atoms with Gasteiger partial charge >= 0.3 is 6.03 Å². The molecular formula is C23H24F3N3O2. The predicted octanol–water partition coefficient (Wildman–Crippen LogP) is 4.52. The summed E-state index contributed by atoms with van der Waals surface area (Å²) in [4.78, 5) is 15.1. The van der Waals surface area contributed by atoms with Crippen molar-refractivity contribution in [1.82, 2.24) is 15.6 Å². The summed E-state index contributed by atoms with van der Waals surface area (Å²) in [7, 11) is 0. The van der Waals surface area contributed by atoms with Gasteiger partial charge in [0, 0.05) is 36.8 Å². The lowest BCUT2D eigenvalue weighted by molar-refractivity contribution is 0.0557. The van der Waals surface area contributed by atoms with E-state index in [-0.39, 0.29) is 23.9 Å². The molecule has 5 nitrogen and oxygen atoms in total. The molecule has 1 aromatic heterocycles. The van der Waals surface area contributed by atoms with Crippen LogP contribution in [0.4, 0.5) is 18.0 Å². The highest BCUT2D eigenvalue weighted by atomic mass is 19.1. The number of carbonyl (C=O) groups excluding carboxylic acids is 1. The summed E-state index contributed by atoms with van der Waals surface area (Å²) in [6.07, 6.45) is 2.36. The summed E-state index contributed by atoms with van der Waals surface area (Å²) in [6.45, 7) is 2.22. The smallest absolute Gasteiger partial charge is 0.314 e. The zero-order valence-corrected chi connectivity index (χ0v) is 16.9. The molecular weight excluding hydrogens is 407 g/mol. The lowest BCUT2D eigenvalue weighted by Gasteiger charge is -2.22. The van der Waals surface area contributed by atoms with E-state index in [1.807, 2.05) is 0 Å². The Hall–Kier alpha value is -3.00. The van der Waals surface area contributed by atoms with Crippen molar-refractivity contribution in [3.8, 4) is 11.3 Å². The fourth-order valence-corrected chi connectivity index (χ4v) is 3.97. The maximum absolute atomic E-state index is 14.3. The largest absolute Gasteiger partial charge is 0.381 e. The Labute approximate surface area is 178 Å². The van der Waals surface area contributed by atoms with E-state index >= 15 is 0 Å². The van der Waals surface area contributed by atoms with Gasteiger partial charge in [-0.25, -0.2) is 18.0 Å². The predicted molar refractivity (Wildman–Crippen MR) is 112 cm³/mol. The number of fused-ring (bicyclic) bond motifs is 1. The highest BCUT2D eigenvalue weighted by molar-refractivity contribution is 5.91. The van der Waals surface area contributed by atoms with E-state index in [2.05, 4.69) is 15.6 Å². The second-order valence-electron chi connectivity index (χ2n) is 7.77. The normalized spacial score (nSPS) is 16.4. The van der Waals surface area contributed by atoms with Gasteiger partial charge in [-0.3, -0.25) is 0 Å². The average Bonchev–Trinajstić information content (AvgIpc) is 3.12. The quantitative estimate of drug-likeness (QED) is 0.537. The number of nitrogens with one attached hydrogen (secondary N) is 3. The number of aromatic nitrogens is 1. The van der Waals surface area contributed by atoms with Gasteiger partial charge in [-0.15, -0.1) is 0 Å². The van der Waals surface area contributed by atoms with Gasteiger partial charge in [-0.2, -0.15) is 0 Å². The summed E-state index contributed by atoms with van der Waals surface area (Å²) in [6, 6.07) is 7.54. The van der Waals surface area contributed by atoms with E-state index in [9.17, 15) is 18.0 Å². The minimum Gasteiger partial charge on any atom is -0.381 e. The minimum absolute atomic E-state index is 0.178. The van der Waals surface area contributed by atoms with Crippen LogP contribution in [0, 0.1) is 23.4 Å². The molecule has 1 unspecified atom stereocenters. The molecule has 1 aliphatic heterocycles. The number of hydrogen-bond acceptors (Lipinski definition) is 2. The lowest BCUT2D eigenvalue weighted by Crippen LogP contribution is -2.40. The van der Waals surface area contributed by atoms with E-state index in [0.29, 0.717) is 47.7 Å². The second-order valence-corrected chi connectivity index (χ2v) is 7.77. The Bertz CT molecular complexity index is 1060. The van der Waals surface area contributed by atoms with Gasteiger partial charge in [0.2, 0.25) is 0 Å². The Morgan fingerprint density at radius 3 is 2.65 bits per heavy atom. The lowest BCUT2D eigenvalue weighted by atomic mass is 10.0. The number of ether oxygens (including phenoxy) is 1. The van der Waals surface area contributed by atoms with Gasteiger partial charge < -0.3 is 20.4 Å². The zero-order chi connectivity index (χ0) is 21.8. The van der Waals surface area contributed by atoms with Crippen molar-refractivity contribution in [3.63, 3.8) is 0 Å². The van der Waals surface area contributed by atoms with Gasteiger partial charge in [-0.05, 0) is 66.6 Å². The van der Waals surface area contributed by atoms with Crippen molar-refractivity contribution in [2.24, 2.45) is 5.92 Å². The van der Waals surface area contributed by atoms with Crippen molar-refractivity contribution in [3.05, 3.63) is 59.4 Å². The van der Waals surface area contributed by atoms with Gasteiger partial charge in [0.15, 0.2) is 0 Å². The third-order valence-electron chi connectivity index (χ3n) is 5.53. The summed E-state index contributed by atoms with van der Waals surface area (Å²) >= 11 is 0. The molecule has 1 fully saturated rings. The van der Waals surface area contributed by atoms with Crippen LogP contribution in [0.25, 0.3) is 22.2 Å². The van der Waals surface area contributed by atoms with Crippen LogP contribution in [-0.2, 0) is 11.2 Å².